The second-order valence-electron chi connectivity index (χ2n) is 4.66. The average Bonchev–Trinajstić information content (AvgIpc) is 2.99. The summed E-state index contributed by atoms with van der Waals surface area (Å²) in [6, 6.07) is 0. The second kappa shape index (κ2) is 8.18. The number of hydrogen-bond acceptors (Lipinski definition) is 7. The molecule has 2 rings (SSSR count). The van der Waals surface area contributed by atoms with Crippen LogP contribution in [0.4, 0.5) is 0 Å². The highest BCUT2D eigenvalue weighted by Crippen LogP contribution is 2.07. The largest absolute Gasteiger partial charge is 0.384 e. The molecule has 1 N–H and O–H groups in total. The first-order chi connectivity index (χ1) is 10.7. The van der Waals surface area contributed by atoms with Crippen LogP contribution in [0.1, 0.15) is 41.1 Å². The number of rotatable bonds is 8. The molecule has 118 valence electrons. The van der Waals surface area contributed by atoms with Crippen molar-refractivity contribution in [2.75, 3.05) is 13.7 Å². The lowest BCUT2D eigenvalue weighted by molar-refractivity contribution is 0.0944. The van der Waals surface area contributed by atoms with Crippen molar-refractivity contribution in [3.05, 3.63) is 35.5 Å². The van der Waals surface area contributed by atoms with Crippen molar-refractivity contribution in [1.82, 2.24) is 25.4 Å². The van der Waals surface area contributed by atoms with E-state index in [2.05, 4.69) is 25.4 Å². The number of aryl methyl sites for hydroxylation is 1. The third kappa shape index (κ3) is 4.32. The number of ether oxygens (including phenoxy) is 1. The second-order valence-corrected chi connectivity index (χ2v) is 4.66. The number of nitrogens with one attached hydrogen (secondary N) is 1. The van der Waals surface area contributed by atoms with Gasteiger partial charge in [-0.2, -0.15) is 4.98 Å². The molecule has 0 aromatic carbocycles. The summed E-state index contributed by atoms with van der Waals surface area (Å²) in [4.78, 5) is 24.4. The van der Waals surface area contributed by atoms with Crippen molar-refractivity contribution in [1.29, 1.82) is 0 Å². The first-order valence-corrected chi connectivity index (χ1v) is 7.12. The fourth-order valence-corrected chi connectivity index (χ4v) is 1.89. The van der Waals surface area contributed by atoms with Crippen molar-refractivity contribution in [2.24, 2.45) is 0 Å². The van der Waals surface area contributed by atoms with E-state index in [-0.39, 0.29) is 12.5 Å². The number of aromatic nitrogens is 4. The summed E-state index contributed by atoms with van der Waals surface area (Å²) in [6.45, 7) is 2.72. The highest BCUT2D eigenvalue weighted by Gasteiger charge is 2.14. The van der Waals surface area contributed by atoms with Crippen LogP contribution in [0, 0.1) is 0 Å². The van der Waals surface area contributed by atoms with Crippen LogP contribution in [0.5, 0.6) is 0 Å². The Morgan fingerprint density at radius 1 is 1.41 bits per heavy atom. The van der Waals surface area contributed by atoms with E-state index < -0.39 is 0 Å². The van der Waals surface area contributed by atoms with Gasteiger partial charge in [0, 0.05) is 19.7 Å². The lowest BCUT2D eigenvalue weighted by Gasteiger charge is -2.06. The maximum Gasteiger partial charge on any atom is 0.255 e. The molecule has 0 spiro atoms. The monoisotopic (exact) mass is 305 g/mol. The van der Waals surface area contributed by atoms with Crippen molar-refractivity contribution in [3.8, 4) is 0 Å². The van der Waals surface area contributed by atoms with Crippen LogP contribution in [0.25, 0.3) is 0 Å². The van der Waals surface area contributed by atoms with E-state index in [0.717, 1.165) is 18.5 Å². The quantitative estimate of drug-likeness (QED) is 0.773. The smallest absolute Gasteiger partial charge is 0.255 e. The van der Waals surface area contributed by atoms with Gasteiger partial charge < -0.3 is 14.6 Å². The summed E-state index contributed by atoms with van der Waals surface area (Å²) in [5, 5.41) is 6.55. The first-order valence-electron chi connectivity index (χ1n) is 7.12. The summed E-state index contributed by atoms with van der Waals surface area (Å²) in [5.41, 5.74) is 1.21. The van der Waals surface area contributed by atoms with Gasteiger partial charge >= 0.3 is 0 Å². The van der Waals surface area contributed by atoms with Crippen LogP contribution in [0.3, 0.4) is 0 Å². The number of hydrogen-bond donors (Lipinski definition) is 1. The lowest BCUT2D eigenvalue weighted by Crippen LogP contribution is -2.24. The number of amides is 1. The highest BCUT2D eigenvalue weighted by molar-refractivity contribution is 5.94. The predicted octanol–water partition coefficient (Wildman–Crippen LogP) is 0.931. The molecule has 8 nitrogen and oxygen atoms in total. The Hall–Kier alpha value is -2.35. The summed E-state index contributed by atoms with van der Waals surface area (Å²) in [6.07, 6.45) is 5.17. The number of carbonyl (C=O) groups excluding carboxylic acids is 1. The van der Waals surface area contributed by atoms with Crippen LogP contribution >= 0.6 is 0 Å². The Labute approximate surface area is 128 Å². The molecular formula is C14H19N5O3. The predicted molar refractivity (Wildman–Crippen MR) is 77.1 cm³/mol. The average molecular weight is 305 g/mol. The van der Waals surface area contributed by atoms with Crippen molar-refractivity contribution in [2.45, 2.75) is 32.7 Å². The van der Waals surface area contributed by atoms with Gasteiger partial charge in [-0.25, -0.2) is 9.97 Å². The summed E-state index contributed by atoms with van der Waals surface area (Å²) >= 11 is 0. The van der Waals surface area contributed by atoms with Gasteiger partial charge in [-0.05, 0) is 6.42 Å². The Morgan fingerprint density at radius 2 is 2.27 bits per heavy atom. The van der Waals surface area contributed by atoms with E-state index in [0.29, 0.717) is 30.3 Å². The molecule has 2 aromatic rings. The molecule has 0 aliphatic rings. The van der Waals surface area contributed by atoms with Gasteiger partial charge in [0.1, 0.15) is 6.33 Å². The Balaban J connectivity index is 1.94. The molecule has 0 fully saturated rings. The van der Waals surface area contributed by atoms with Gasteiger partial charge in [0.25, 0.3) is 5.91 Å². The summed E-state index contributed by atoms with van der Waals surface area (Å²) in [7, 11) is 1.61. The highest BCUT2D eigenvalue weighted by atomic mass is 16.5. The van der Waals surface area contributed by atoms with Crippen LogP contribution < -0.4 is 5.32 Å². The van der Waals surface area contributed by atoms with Crippen molar-refractivity contribution in [3.63, 3.8) is 0 Å². The van der Waals surface area contributed by atoms with Gasteiger partial charge in [0.05, 0.1) is 24.4 Å². The maximum atomic E-state index is 12.2. The lowest BCUT2D eigenvalue weighted by atomic mass is 10.1. The van der Waals surface area contributed by atoms with E-state index in [1.54, 1.807) is 7.11 Å². The number of nitrogens with zero attached hydrogens (tertiary/aromatic N) is 4. The maximum absolute atomic E-state index is 12.2. The minimum atomic E-state index is -0.249. The van der Waals surface area contributed by atoms with E-state index in [4.69, 9.17) is 9.26 Å². The van der Waals surface area contributed by atoms with Crippen LogP contribution in [-0.4, -0.2) is 39.7 Å². The molecular weight excluding hydrogens is 286 g/mol. The number of methoxy groups -OCH3 is 1. The van der Waals surface area contributed by atoms with Gasteiger partial charge in [-0.1, -0.05) is 18.5 Å². The van der Waals surface area contributed by atoms with Gasteiger partial charge in [-0.3, -0.25) is 4.79 Å². The fourth-order valence-electron chi connectivity index (χ4n) is 1.89. The zero-order valence-electron chi connectivity index (χ0n) is 12.7. The third-order valence-electron chi connectivity index (χ3n) is 2.97. The van der Waals surface area contributed by atoms with Crippen molar-refractivity contribution < 1.29 is 14.1 Å². The molecule has 0 saturated heterocycles. The molecule has 0 saturated carbocycles. The van der Waals surface area contributed by atoms with E-state index in [1.807, 2.05) is 6.92 Å². The van der Waals surface area contributed by atoms with Gasteiger partial charge in [0.15, 0.2) is 5.82 Å². The fraction of sp³-hybridized carbons (Fsp3) is 0.500. The standard InChI is InChI=1S/C14H19N5O3/c1-3-4-11-10(7-15-9-17-11)14(20)16-8-13-18-12(19-22-13)5-6-21-2/h7,9H,3-6,8H2,1-2H3,(H,16,20). The Morgan fingerprint density at radius 3 is 3.05 bits per heavy atom. The molecule has 1 amide bonds. The van der Waals surface area contributed by atoms with E-state index >= 15 is 0 Å². The molecule has 0 aliphatic carbocycles. The van der Waals surface area contributed by atoms with Crippen LogP contribution in [-0.2, 0) is 24.1 Å². The topological polar surface area (TPSA) is 103 Å². The summed E-state index contributed by atoms with van der Waals surface area (Å²) in [5.74, 6) is 0.662. The van der Waals surface area contributed by atoms with Gasteiger partial charge in [0.2, 0.25) is 5.89 Å². The normalized spacial score (nSPS) is 10.6. The zero-order valence-corrected chi connectivity index (χ0v) is 12.7. The SMILES string of the molecule is CCCc1ncncc1C(=O)NCc1nc(CCOC)no1. The molecule has 0 radical (unpaired) electrons. The minimum Gasteiger partial charge on any atom is -0.384 e. The molecule has 22 heavy (non-hydrogen) atoms. The third-order valence-corrected chi connectivity index (χ3v) is 2.97. The summed E-state index contributed by atoms with van der Waals surface area (Å²) < 4.78 is 10.0. The molecule has 0 unspecified atom stereocenters. The Kier molecular flexibility index (Phi) is 5.96. The molecule has 8 heteroatoms. The van der Waals surface area contributed by atoms with Crippen LogP contribution in [0.15, 0.2) is 17.0 Å². The Bertz CT molecular complexity index is 614. The first kappa shape index (κ1) is 16.0. The minimum absolute atomic E-state index is 0.166. The van der Waals surface area contributed by atoms with E-state index in [9.17, 15) is 4.79 Å². The van der Waals surface area contributed by atoms with E-state index in [1.165, 1.54) is 12.5 Å². The zero-order chi connectivity index (χ0) is 15.8. The molecule has 0 bridgehead atoms. The molecule has 0 atom stereocenters. The van der Waals surface area contributed by atoms with Crippen LogP contribution in [0.2, 0.25) is 0 Å². The molecule has 0 aliphatic heterocycles. The number of carbonyl (C=O) groups is 1. The molecule has 2 aromatic heterocycles. The van der Waals surface area contributed by atoms with Crippen molar-refractivity contribution >= 4 is 5.91 Å². The molecule has 2 heterocycles. The van der Waals surface area contributed by atoms with Gasteiger partial charge in [-0.15, -0.1) is 0 Å².